The van der Waals surface area contributed by atoms with Gasteiger partial charge in [0.15, 0.2) is 0 Å². The first-order valence-corrected chi connectivity index (χ1v) is 8.78. The molecule has 0 aliphatic heterocycles. The Bertz CT molecular complexity index is 600. The van der Waals surface area contributed by atoms with Gasteiger partial charge in [-0.25, -0.2) is 0 Å². The molecule has 102 valence electrons. The van der Waals surface area contributed by atoms with E-state index in [2.05, 4.69) is 24.3 Å². The van der Waals surface area contributed by atoms with Crippen LogP contribution < -0.4 is 0 Å². The standard InChI is InChI=1S/C15H18O3S/c1-19(16,17)18-15-8-10-6-12(15)7-11(9-15)14-5-3-2-4-13(10)14/h2-5,10-12H,6-9H2,1H3. The van der Waals surface area contributed by atoms with Crippen LogP contribution in [-0.2, 0) is 14.3 Å². The highest BCUT2D eigenvalue weighted by Gasteiger charge is 2.59. The van der Waals surface area contributed by atoms with Gasteiger partial charge in [0.05, 0.1) is 11.9 Å². The summed E-state index contributed by atoms with van der Waals surface area (Å²) in [6, 6.07) is 8.63. The van der Waals surface area contributed by atoms with Gasteiger partial charge in [0.2, 0.25) is 0 Å². The third kappa shape index (κ3) is 1.69. The molecule has 2 fully saturated rings. The van der Waals surface area contributed by atoms with Crippen molar-refractivity contribution in [1.29, 1.82) is 0 Å². The fourth-order valence-corrected chi connectivity index (χ4v) is 5.67. The van der Waals surface area contributed by atoms with E-state index in [-0.39, 0.29) is 0 Å². The summed E-state index contributed by atoms with van der Waals surface area (Å²) in [7, 11) is -3.38. The molecule has 1 aromatic rings. The minimum Gasteiger partial charge on any atom is -0.263 e. The molecular weight excluding hydrogens is 260 g/mol. The Morgan fingerprint density at radius 3 is 2.11 bits per heavy atom. The molecule has 1 aromatic carbocycles. The van der Waals surface area contributed by atoms with Crippen LogP contribution in [0.25, 0.3) is 0 Å². The van der Waals surface area contributed by atoms with Gasteiger partial charge in [0.25, 0.3) is 10.1 Å². The van der Waals surface area contributed by atoms with Crippen LogP contribution in [-0.4, -0.2) is 20.3 Å². The highest BCUT2D eigenvalue weighted by molar-refractivity contribution is 7.86. The molecule has 4 heteroatoms. The maximum absolute atomic E-state index is 11.6. The van der Waals surface area contributed by atoms with Crippen molar-refractivity contribution in [3.05, 3.63) is 35.4 Å². The average Bonchev–Trinajstić information content (AvgIpc) is 2.69. The maximum Gasteiger partial charge on any atom is 0.264 e. The number of benzene rings is 1. The first kappa shape index (κ1) is 11.9. The molecule has 0 N–H and O–H groups in total. The van der Waals surface area contributed by atoms with Crippen LogP contribution in [0.5, 0.6) is 0 Å². The van der Waals surface area contributed by atoms with Crippen molar-refractivity contribution in [1.82, 2.24) is 0 Å². The summed E-state index contributed by atoms with van der Waals surface area (Å²) in [6.45, 7) is 0. The van der Waals surface area contributed by atoms with Crippen LogP contribution >= 0.6 is 0 Å². The Kier molecular flexibility index (Phi) is 2.26. The van der Waals surface area contributed by atoms with E-state index in [4.69, 9.17) is 4.18 Å². The van der Waals surface area contributed by atoms with Gasteiger partial charge < -0.3 is 0 Å². The summed E-state index contributed by atoms with van der Waals surface area (Å²) in [5.74, 6) is 1.37. The molecule has 0 saturated heterocycles. The van der Waals surface area contributed by atoms with Crippen molar-refractivity contribution >= 4 is 10.1 Å². The third-order valence-corrected chi connectivity index (χ3v) is 5.89. The van der Waals surface area contributed by atoms with Gasteiger partial charge in [-0.2, -0.15) is 8.42 Å². The quantitative estimate of drug-likeness (QED) is 0.781. The topological polar surface area (TPSA) is 43.4 Å². The molecule has 0 radical (unpaired) electrons. The van der Waals surface area contributed by atoms with Crippen molar-refractivity contribution in [2.24, 2.45) is 5.92 Å². The molecule has 3 nitrogen and oxygen atoms in total. The predicted octanol–water partition coefficient (Wildman–Crippen LogP) is 2.79. The maximum atomic E-state index is 11.6. The molecule has 5 rings (SSSR count). The zero-order valence-corrected chi connectivity index (χ0v) is 11.8. The average molecular weight is 278 g/mol. The van der Waals surface area contributed by atoms with Crippen molar-refractivity contribution in [2.75, 3.05) is 6.26 Å². The first-order chi connectivity index (χ1) is 8.97. The van der Waals surface area contributed by atoms with Gasteiger partial charge in [0, 0.05) is 0 Å². The van der Waals surface area contributed by atoms with E-state index in [0.717, 1.165) is 25.7 Å². The fourth-order valence-electron chi connectivity index (χ4n) is 4.80. The van der Waals surface area contributed by atoms with Gasteiger partial charge in [-0.3, -0.25) is 4.18 Å². The highest BCUT2D eigenvalue weighted by atomic mass is 32.2. The molecule has 4 bridgehead atoms. The van der Waals surface area contributed by atoms with Gasteiger partial charge in [-0.05, 0) is 54.6 Å². The third-order valence-electron chi connectivity index (χ3n) is 5.26. The molecule has 2 unspecified atom stereocenters. The fraction of sp³-hybridized carbons (Fsp3) is 0.600. The van der Waals surface area contributed by atoms with E-state index < -0.39 is 15.7 Å². The van der Waals surface area contributed by atoms with Gasteiger partial charge in [0.1, 0.15) is 0 Å². The summed E-state index contributed by atoms with van der Waals surface area (Å²) in [5, 5.41) is 0. The van der Waals surface area contributed by atoms with E-state index in [1.807, 2.05) is 0 Å². The lowest BCUT2D eigenvalue weighted by Gasteiger charge is -2.27. The second-order valence-corrected chi connectivity index (χ2v) is 8.03. The number of rotatable bonds is 2. The van der Waals surface area contributed by atoms with Crippen LogP contribution in [0.4, 0.5) is 0 Å². The lowest BCUT2D eigenvalue weighted by molar-refractivity contribution is 0.0587. The molecule has 0 spiro atoms. The Balaban J connectivity index is 1.81. The molecule has 0 amide bonds. The molecule has 4 aliphatic carbocycles. The molecule has 4 aliphatic rings. The number of hydrogen-bond donors (Lipinski definition) is 0. The SMILES string of the molecule is CS(=O)(=O)OC12CC3CC1CC(C2)c1ccccc13. The van der Waals surface area contributed by atoms with Gasteiger partial charge >= 0.3 is 0 Å². The van der Waals surface area contributed by atoms with Crippen LogP contribution in [0.2, 0.25) is 0 Å². The van der Waals surface area contributed by atoms with Crippen LogP contribution in [0.15, 0.2) is 24.3 Å². The molecule has 0 heterocycles. The molecular formula is C15H18O3S. The van der Waals surface area contributed by atoms with Crippen molar-refractivity contribution in [3.63, 3.8) is 0 Å². The van der Waals surface area contributed by atoms with Gasteiger partial charge in [-0.15, -0.1) is 0 Å². The zero-order chi connectivity index (χ0) is 13.3. The van der Waals surface area contributed by atoms with Gasteiger partial charge in [-0.1, -0.05) is 24.3 Å². The van der Waals surface area contributed by atoms with Crippen molar-refractivity contribution in [3.8, 4) is 0 Å². The van der Waals surface area contributed by atoms with Crippen molar-refractivity contribution < 1.29 is 12.6 Å². The van der Waals surface area contributed by atoms with Crippen LogP contribution in [0.3, 0.4) is 0 Å². The van der Waals surface area contributed by atoms with E-state index in [0.29, 0.717) is 17.8 Å². The highest BCUT2D eigenvalue weighted by Crippen LogP contribution is 2.63. The Morgan fingerprint density at radius 2 is 1.63 bits per heavy atom. The second-order valence-electron chi connectivity index (χ2n) is 6.45. The Morgan fingerprint density at radius 1 is 1.11 bits per heavy atom. The molecule has 2 atom stereocenters. The predicted molar refractivity (Wildman–Crippen MR) is 72.5 cm³/mol. The molecule has 2 saturated carbocycles. The Labute approximate surface area is 114 Å². The van der Waals surface area contributed by atoms with Crippen LogP contribution in [0.1, 0.15) is 48.6 Å². The van der Waals surface area contributed by atoms with E-state index in [9.17, 15) is 8.42 Å². The first-order valence-electron chi connectivity index (χ1n) is 6.96. The zero-order valence-electron chi connectivity index (χ0n) is 11.0. The van der Waals surface area contributed by atoms with Crippen LogP contribution in [0, 0.1) is 5.92 Å². The normalized spacial score (nSPS) is 39.3. The Hall–Kier alpha value is -0.870. The smallest absolute Gasteiger partial charge is 0.263 e. The number of hydrogen-bond acceptors (Lipinski definition) is 3. The second kappa shape index (κ2) is 3.61. The molecule has 0 aromatic heterocycles. The summed E-state index contributed by atoms with van der Waals surface area (Å²) < 4.78 is 28.8. The summed E-state index contributed by atoms with van der Waals surface area (Å²) in [6.07, 6.45) is 5.10. The summed E-state index contributed by atoms with van der Waals surface area (Å²) in [5.41, 5.74) is 2.46. The van der Waals surface area contributed by atoms with E-state index in [1.54, 1.807) is 0 Å². The summed E-state index contributed by atoms with van der Waals surface area (Å²) >= 11 is 0. The van der Waals surface area contributed by atoms with E-state index in [1.165, 1.54) is 17.4 Å². The largest absolute Gasteiger partial charge is 0.264 e. The minimum absolute atomic E-state index is 0.407. The summed E-state index contributed by atoms with van der Waals surface area (Å²) in [4.78, 5) is 0. The van der Waals surface area contributed by atoms with Crippen molar-refractivity contribution in [2.45, 2.75) is 43.1 Å². The lowest BCUT2D eigenvalue weighted by Crippen LogP contribution is -2.34. The lowest BCUT2D eigenvalue weighted by atomic mass is 9.91. The van der Waals surface area contributed by atoms with E-state index >= 15 is 0 Å². The molecule has 19 heavy (non-hydrogen) atoms. The minimum atomic E-state index is -3.38. The monoisotopic (exact) mass is 278 g/mol.